The number of β-amino-alcohol motifs (C(OH)–C–C–N with tert-alkyl or cyclic N) is 1. The Morgan fingerprint density at radius 2 is 2.08 bits per heavy atom. The highest BCUT2D eigenvalue weighted by Gasteiger charge is 2.36. The predicted molar refractivity (Wildman–Crippen MR) is 83.7 cm³/mol. The first kappa shape index (κ1) is 16.6. The van der Waals surface area contributed by atoms with Crippen molar-refractivity contribution in [3.8, 4) is 0 Å². The van der Waals surface area contributed by atoms with Gasteiger partial charge in [-0.25, -0.2) is 4.98 Å². The summed E-state index contributed by atoms with van der Waals surface area (Å²) in [6.45, 7) is 0.771. The number of benzene rings is 1. The number of aliphatic hydroxyl groups excluding tert-OH is 1. The van der Waals surface area contributed by atoms with Gasteiger partial charge in [0.25, 0.3) is 0 Å². The lowest BCUT2D eigenvalue weighted by Gasteiger charge is -2.23. The second kappa shape index (κ2) is 6.14. The molecular weight excluding hydrogens is 333 g/mol. The molecule has 1 aliphatic heterocycles. The van der Waals surface area contributed by atoms with E-state index in [2.05, 4.69) is 4.98 Å². The van der Waals surface area contributed by atoms with Gasteiger partial charge in [-0.2, -0.15) is 13.2 Å². The average molecular weight is 352 g/mol. The van der Waals surface area contributed by atoms with Gasteiger partial charge in [0.2, 0.25) is 5.89 Å². The van der Waals surface area contributed by atoms with Crippen LogP contribution in [-0.2, 0) is 12.7 Å². The third kappa shape index (κ3) is 3.57. The van der Waals surface area contributed by atoms with Crippen LogP contribution in [0.15, 0.2) is 34.9 Å². The molecule has 134 valence electrons. The van der Waals surface area contributed by atoms with Crippen molar-refractivity contribution in [2.45, 2.75) is 50.0 Å². The molecule has 1 aromatic carbocycles. The van der Waals surface area contributed by atoms with E-state index in [1.807, 2.05) is 4.90 Å². The molecule has 2 fully saturated rings. The smallest absolute Gasteiger partial charge is 0.416 e. The van der Waals surface area contributed by atoms with Gasteiger partial charge in [-0.3, -0.25) is 4.90 Å². The Balaban J connectivity index is 1.54. The number of aromatic nitrogens is 1. The van der Waals surface area contributed by atoms with Crippen molar-refractivity contribution in [3.05, 3.63) is 53.2 Å². The van der Waals surface area contributed by atoms with Crippen LogP contribution in [0.4, 0.5) is 13.2 Å². The van der Waals surface area contributed by atoms with Gasteiger partial charge in [0.15, 0.2) is 0 Å². The SMILES string of the molecule is O[C@@H]1C[C@H](c2cccc(C(F)(F)F)c2)N(Cc2ncc(C3CC3)o2)C1. The van der Waals surface area contributed by atoms with Crippen LogP contribution in [0.5, 0.6) is 0 Å². The number of oxazole rings is 1. The number of aliphatic hydroxyl groups is 1. The fraction of sp³-hybridized carbons (Fsp3) is 0.500. The molecule has 1 aromatic heterocycles. The zero-order chi connectivity index (χ0) is 17.6. The number of hydrogen-bond donors (Lipinski definition) is 1. The van der Waals surface area contributed by atoms with E-state index in [0.717, 1.165) is 24.7 Å². The molecule has 0 unspecified atom stereocenters. The molecule has 4 nitrogen and oxygen atoms in total. The Labute approximate surface area is 143 Å². The van der Waals surface area contributed by atoms with Crippen LogP contribution in [0, 0.1) is 0 Å². The molecule has 2 heterocycles. The second-order valence-corrected chi connectivity index (χ2v) is 6.89. The lowest BCUT2D eigenvalue weighted by molar-refractivity contribution is -0.137. The highest BCUT2D eigenvalue weighted by atomic mass is 19.4. The Morgan fingerprint density at radius 1 is 1.28 bits per heavy atom. The summed E-state index contributed by atoms with van der Waals surface area (Å²) < 4.78 is 44.7. The maximum Gasteiger partial charge on any atom is 0.416 e. The van der Waals surface area contributed by atoms with Gasteiger partial charge < -0.3 is 9.52 Å². The van der Waals surface area contributed by atoms with Crippen molar-refractivity contribution in [1.82, 2.24) is 9.88 Å². The summed E-state index contributed by atoms with van der Waals surface area (Å²) in [6.07, 6.45) is -0.582. The lowest BCUT2D eigenvalue weighted by Crippen LogP contribution is -2.24. The third-order valence-electron chi connectivity index (χ3n) is 4.87. The molecule has 4 rings (SSSR count). The molecule has 0 bridgehead atoms. The molecule has 2 aromatic rings. The largest absolute Gasteiger partial charge is 0.444 e. The van der Waals surface area contributed by atoms with Crippen molar-refractivity contribution < 1.29 is 22.7 Å². The minimum absolute atomic E-state index is 0.284. The molecule has 0 amide bonds. The highest BCUT2D eigenvalue weighted by molar-refractivity contribution is 5.29. The van der Waals surface area contributed by atoms with Crippen molar-refractivity contribution >= 4 is 0 Å². The zero-order valence-electron chi connectivity index (χ0n) is 13.5. The van der Waals surface area contributed by atoms with E-state index in [9.17, 15) is 18.3 Å². The quantitative estimate of drug-likeness (QED) is 0.907. The van der Waals surface area contributed by atoms with E-state index >= 15 is 0 Å². The van der Waals surface area contributed by atoms with Crippen LogP contribution in [0.2, 0.25) is 0 Å². The van der Waals surface area contributed by atoms with E-state index in [0.29, 0.717) is 36.9 Å². The van der Waals surface area contributed by atoms with Crippen LogP contribution in [0.3, 0.4) is 0 Å². The average Bonchev–Trinajstić information content (AvgIpc) is 3.20. The number of rotatable bonds is 4. The molecule has 1 aliphatic carbocycles. The Morgan fingerprint density at radius 3 is 2.80 bits per heavy atom. The Hall–Kier alpha value is -1.86. The van der Waals surface area contributed by atoms with Crippen LogP contribution in [0.1, 0.15) is 54.0 Å². The zero-order valence-corrected chi connectivity index (χ0v) is 13.5. The summed E-state index contributed by atoms with van der Waals surface area (Å²) in [6, 6.07) is 5.04. The fourth-order valence-electron chi connectivity index (χ4n) is 3.45. The summed E-state index contributed by atoms with van der Waals surface area (Å²) in [5, 5.41) is 10.0. The van der Waals surface area contributed by atoms with E-state index in [1.54, 1.807) is 12.3 Å². The van der Waals surface area contributed by atoms with Gasteiger partial charge in [0.1, 0.15) is 5.76 Å². The monoisotopic (exact) mass is 352 g/mol. The van der Waals surface area contributed by atoms with Gasteiger partial charge in [0, 0.05) is 18.5 Å². The normalized spacial score (nSPS) is 24.8. The van der Waals surface area contributed by atoms with Gasteiger partial charge in [-0.1, -0.05) is 12.1 Å². The molecule has 0 radical (unpaired) electrons. The topological polar surface area (TPSA) is 49.5 Å². The van der Waals surface area contributed by atoms with Crippen LogP contribution >= 0.6 is 0 Å². The van der Waals surface area contributed by atoms with Crippen LogP contribution < -0.4 is 0 Å². The summed E-state index contributed by atoms with van der Waals surface area (Å²) in [7, 11) is 0. The number of halogens is 3. The standard InChI is InChI=1S/C18H19F3N2O2/c19-18(20,21)13-3-1-2-12(6-13)15-7-14(24)9-23(15)10-17-22-8-16(25-17)11-4-5-11/h1-3,6,8,11,14-15,24H,4-5,7,9-10H2/t14-,15-/m1/s1. The summed E-state index contributed by atoms with van der Waals surface area (Å²) in [4.78, 5) is 6.21. The predicted octanol–water partition coefficient (Wildman–Crippen LogP) is 3.88. The molecule has 1 N–H and O–H groups in total. The molecule has 0 spiro atoms. The first-order valence-corrected chi connectivity index (χ1v) is 8.44. The maximum absolute atomic E-state index is 13.0. The van der Waals surface area contributed by atoms with E-state index < -0.39 is 17.8 Å². The van der Waals surface area contributed by atoms with Crippen molar-refractivity contribution in [2.75, 3.05) is 6.54 Å². The minimum Gasteiger partial charge on any atom is -0.444 e. The van der Waals surface area contributed by atoms with Crippen molar-refractivity contribution in [3.63, 3.8) is 0 Å². The molecule has 1 saturated carbocycles. The summed E-state index contributed by atoms with van der Waals surface area (Å²) in [5.41, 5.74) is -0.112. The van der Waals surface area contributed by atoms with Gasteiger partial charge >= 0.3 is 6.18 Å². The Bertz CT molecular complexity index is 755. The lowest BCUT2D eigenvalue weighted by atomic mass is 10.0. The number of likely N-dealkylation sites (tertiary alicyclic amines) is 1. The molecule has 7 heteroatoms. The maximum atomic E-state index is 13.0. The van der Waals surface area contributed by atoms with Gasteiger partial charge in [-0.15, -0.1) is 0 Å². The van der Waals surface area contributed by atoms with E-state index in [1.165, 1.54) is 12.1 Å². The second-order valence-electron chi connectivity index (χ2n) is 6.89. The van der Waals surface area contributed by atoms with Crippen molar-refractivity contribution in [2.24, 2.45) is 0 Å². The molecule has 1 saturated heterocycles. The van der Waals surface area contributed by atoms with Crippen molar-refractivity contribution in [1.29, 1.82) is 0 Å². The fourth-order valence-corrected chi connectivity index (χ4v) is 3.45. The summed E-state index contributed by atoms with van der Waals surface area (Å²) >= 11 is 0. The summed E-state index contributed by atoms with van der Waals surface area (Å²) in [5.74, 6) is 1.89. The first-order valence-electron chi connectivity index (χ1n) is 8.44. The minimum atomic E-state index is -4.38. The first-order chi connectivity index (χ1) is 11.9. The van der Waals surface area contributed by atoms with Crippen LogP contribution in [-0.4, -0.2) is 27.6 Å². The third-order valence-corrected chi connectivity index (χ3v) is 4.87. The van der Waals surface area contributed by atoms with Gasteiger partial charge in [0.05, 0.1) is 24.4 Å². The molecule has 2 aliphatic rings. The number of hydrogen-bond acceptors (Lipinski definition) is 4. The molecular formula is C18H19F3N2O2. The number of nitrogens with zero attached hydrogens (tertiary/aromatic N) is 2. The Kier molecular flexibility index (Phi) is 4.08. The number of alkyl halides is 3. The highest BCUT2D eigenvalue weighted by Crippen LogP contribution is 2.41. The van der Waals surface area contributed by atoms with Crippen LogP contribution in [0.25, 0.3) is 0 Å². The van der Waals surface area contributed by atoms with Gasteiger partial charge in [-0.05, 0) is 37.0 Å². The molecule has 25 heavy (non-hydrogen) atoms. The van der Waals surface area contributed by atoms with E-state index in [4.69, 9.17) is 4.42 Å². The molecule has 2 atom stereocenters. The van der Waals surface area contributed by atoms with E-state index in [-0.39, 0.29) is 6.04 Å².